The van der Waals surface area contributed by atoms with Crippen molar-refractivity contribution in [1.29, 1.82) is 0 Å². The van der Waals surface area contributed by atoms with Crippen LogP contribution in [0.15, 0.2) is 54.6 Å². The molecule has 0 fully saturated rings. The molecule has 0 unspecified atom stereocenters. The van der Waals surface area contributed by atoms with Crippen LogP contribution < -0.4 is 5.32 Å². The van der Waals surface area contributed by atoms with Gasteiger partial charge in [0.15, 0.2) is 0 Å². The van der Waals surface area contributed by atoms with Gasteiger partial charge >= 0.3 is 0 Å². The van der Waals surface area contributed by atoms with Gasteiger partial charge in [-0.2, -0.15) is 0 Å². The lowest BCUT2D eigenvalue weighted by Crippen LogP contribution is -1.97. The SMILES string of the molecule is Clc1ccc(NC/C=C/c2ccccc2)cc1Cl. The molecule has 2 aromatic rings. The van der Waals surface area contributed by atoms with E-state index in [9.17, 15) is 0 Å². The molecule has 3 heteroatoms. The van der Waals surface area contributed by atoms with Crippen LogP contribution in [-0.2, 0) is 0 Å². The lowest BCUT2D eigenvalue weighted by molar-refractivity contribution is 1.34. The van der Waals surface area contributed by atoms with E-state index in [2.05, 4.69) is 29.6 Å². The van der Waals surface area contributed by atoms with E-state index in [1.54, 1.807) is 6.07 Å². The molecule has 0 saturated heterocycles. The molecule has 18 heavy (non-hydrogen) atoms. The number of anilines is 1. The van der Waals surface area contributed by atoms with Gasteiger partial charge in [-0.25, -0.2) is 0 Å². The van der Waals surface area contributed by atoms with E-state index >= 15 is 0 Å². The zero-order valence-electron chi connectivity index (χ0n) is 9.74. The first-order chi connectivity index (χ1) is 8.75. The molecular weight excluding hydrogens is 265 g/mol. The second-order valence-corrected chi connectivity index (χ2v) is 4.64. The Kier molecular flexibility index (Phi) is 4.68. The Morgan fingerprint density at radius 2 is 1.72 bits per heavy atom. The van der Waals surface area contributed by atoms with Gasteiger partial charge in [0, 0.05) is 12.2 Å². The second-order valence-electron chi connectivity index (χ2n) is 3.82. The van der Waals surface area contributed by atoms with E-state index in [-0.39, 0.29) is 0 Å². The second kappa shape index (κ2) is 6.48. The fourth-order valence-electron chi connectivity index (χ4n) is 1.54. The minimum absolute atomic E-state index is 0.564. The average molecular weight is 278 g/mol. The lowest BCUT2D eigenvalue weighted by Gasteiger charge is -2.04. The lowest BCUT2D eigenvalue weighted by atomic mass is 10.2. The summed E-state index contributed by atoms with van der Waals surface area (Å²) in [6, 6.07) is 15.7. The Hall–Kier alpha value is -1.44. The number of nitrogens with one attached hydrogen (secondary N) is 1. The molecule has 1 nitrogen and oxygen atoms in total. The number of rotatable bonds is 4. The van der Waals surface area contributed by atoms with Crippen LogP contribution in [0, 0.1) is 0 Å². The van der Waals surface area contributed by atoms with Crippen LogP contribution in [0.5, 0.6) is 0 Å². The maximum absolute atomic E-state index is 5.93. The van der Waals surface area contributed by atoms with Gasteiger partial charge in [-0.15, -0.1) is 0 Å². The highest BCUT2D eigenvalue weighted by molar-refractivity contribution is 6.42. The smallest absolute Gasteiger partial charge is 0.0612 e. The Balaban J connectivity index is 1.89. The number of hydrogen-bond acceptors (Lipinski definition) is 1. The minimum Gasteiger partial charge on any atom is -0.382 e. The van der Waals surface area contributed by atoms with Crippen LogP contribution in [0.4, 0.5) is 5.69 Å². The van der Waals surface area contributed by atoms with E-state index in [4.69, 9.17) is 23.2 Å². The van der Waals surface area contributed by atoms with Gasteiger partial charge in [0.25, 0.3) is 0 Å². The van der Waals surface area contributed by atoms with Gasteiger partial charge in [-0.1, -0.05) is 65.7 Å². The van der Waals surface area contributed by atoms with Crippen molar-refractivity contribution in [3.8, 4) is 0 Å². The van der Waals surface area contributed by atoms with E-state index in [0.717, 1.165) is 12.2 Å². The summed E-state index contributed by atoms with van der Waals surface area (Å²) < 4.78 is 0. The van der Waals surface area contributed by atoms with E-state index in [1.807, 2.05) is 30.3 Å². The normalized spacial score (nSPS) is 10.8. The van der Waals surface area contributed by atoms with Crippen molar-refractivity contribution in [2.45, 2.75) is 0 Å². The van der Waals surface area contributed by atoms with Crippen LogP contribution >= 0.6 is 23.2 Å². The molecule has 0 aliphatic heterocycles. The Labute approximate surface area is 117 Å². The summed E-state index contributed by atoms with van der Waals surface area (Å²) in [6.45, 7) is 0.743. The summed E-state index contributed by atoms with van der Waals surface area (Å²) in [6.07, 6.45) is 4.14. The maximum atomic E-state index is 5.93. The summed E-state index contributed by atoms with van der Waals surface area (Å²) in [5.74, 6) is 0. The third-order valence-corrected chi connectivity index (χ3v) is 3.19. The highest BCUT2D eigenvalue weighted by Crippen LogP contribution is 2.24. The van der Waals surface area contributed by atoms with Crippen molar-refractivity contribution in [3.63, 3.8) is 0 Å². The maximum Gasteiger partial charge on any atom is 0.0612 e. The monoisotopic (exact) mass is 277 g/mol. The molecule has 0 aromatic heterocycles. The molecule has 92 valence electrons. The molecule has 0 aliphatic rings. The summed E-state index contributed by atoms with van der Waals surface area (Å²) >= 11 is 11.8. The fourth-order valence-corrected chi connectivity index (χ4v) is 1.84. The van der Waals surface area contributed by atoms with Gasteiger partial charge in [0.1, 0.15) is 0 Å². The molecule has 0 atom stereocenters. The third kappa shape index (κ3) is 3.80. The van der Waals surface area contributed by atoms with E-state index < -0.39 is 0 Å². The standard InChI is InChI=1S/C15H13Cl2N/c16-14-9-8-13(11-15(14)17)18-10-4-7-12-5-2-1-3-6-12/h1-9,11,18H,10H2/b7-4+. The molecule has 0 saturated carbocycles. The molecule has 0 amide bonds. The number of halogens is 2. The van der Waals surface area contributed by atoms with E-state index in [0.29, 0.717) is 10.0 Å². The highest BCUT2D eigenvalue weighted by atomic mass is 35.5. The van der Waals surface area contributed by atoms with Crippen molar-refractivity contribution >= 4 is 35.0 Å². The topological polar surface area (TPSA) is 12.0 Å². The van der Waals surface area contributed by atoms with Gasteiger partial charge in [0.2, 0.25) is 0 Å². The first-order valence-electron chi connectivity index (χ1n) is 5.66. The zero-order valence-corrected chi connectivity index (χ0v) is 11.2. The zero-order chi connectivity index (χ0) is 12.8. The molecule has 0 heterocycles. The summed E-state index contributed by atoms with van der Waals surface area (Å²) in [7, 11) is 0. The van der Waals surface area contributed by atoms with Gasteiger partial charge in [-0.05, 0) is 23.8 Å². The van der Waals surface area contributed by atoms with E-state index in [1.165, 1.54) is 5.56 Å². The summed E-state index contributed by atoms with van der Waals surface area (Å²) in [5.41, 5.74) is 2.15. The van der Waals surface area contributed by atoms with Crippen LogP contribution in [0.1, 0.15) is 5.56 Å². The van der Waals surface area contributed by atoms with Gasteiger partial charge in [-0.3, -0.25) is 0 Å². The third-order valence-electron chi connectivity index (χ3n) is 2.45. The first-order valence-corrected chi connectivity index (χ1v) is 6.42. The minimum atomic E-state index is 0.564. The number of hydrogen-bond donors (Lipinski definition) is 1. The molecular formula is C15H13Cl2N. The number of benzene rings is 2. The van der Waals surface area contributed by atoms with Crippen molar-refractivity contribution in [1.82, 2.24) is 0 Å². The molecule has 0 aliphatic carbocycles. The highest BCUT2D eigenvalue weighted by Gasteiger charge is 1.97. The Bertz CT molecular complexity index is 535. The molecule has 1 N–H and O–H groups in total. The molecule has 0 bridgehead atoms. The largest absolute Gasteiger partial charge is 0.382 e. The predicted octanol–water partition coefficient (Wildman–Crippen LogP) is 5.12. The summed E-state index contributed by atoms with van der Waals surface area (Å²) in [5, 5.41) is 4.39. The molecule has 2 aromatic carbocycles. The average Bonchev–Trinajstić information content (AvgIpc) is 2.40. The first kappa shape index (κ1) is 13.0. The molecule has 0 radical (unpaired) electrons. The van der Waals surface area contributed by atoms with Crippen molar-refractivity contribution < 1.29 is 0 Å². The van der Waals surface area contributed by atoms with Gasteiger partial charge < -0.3 is 5.32 Å². The quantitative estimate of drug-likeness (QED) is 0.818. The summed E-state index contributed by atoms with van der Waals surface area (Å²) in [4.78, 5) is 0. The predicted molar refractivity (Wildman–Crippen MR) is 80.4 cm³/mol. The molecule has 0 spiro atoms. The van der Waals surface area contributed by atoms with Crippen molar-refractivity contribution in [3.05, 3.63) is 70.2 Å². The van der Waals surface area contributed by atoms with Crippen molar-refractivity contribution in [2.24, 2.45) is 0 Å². The Morgan fingerprint density at radius 3 is 2.44 bits per heavy atom. The fraction of sp³-hybridized carbons (Fsp3) is 0.0667. The van der Waals surface area contributed by atoms with Crippen molar-refractivity contribution in [2.75, 3.05) is 11.9 Å². The molecule has 2 rings (SSSR count). The van der Waals surface area contributed by atoms with Crippen LogP contribution in [0.2, 0.25) is 10.0 Å². The van der Waals surface area contributed by atoms with Crippen LogP contribution in [0.25, 0.3) is 6.08 Å². The van der Waals surface area contributed by atoms with Crippen LogP contribution in [0.3, 0.4) is 0 Å². The van der Waals surface area contributed by atoms with Crippen LogP contribution in [-0.4, -0.2) is 6.54 Å². The Morgan fingerprint density at radius 1 is 0.944 bits per heavy atom. The van der Waals surface area contributed by atoms with Gasteiger partial charge in [0.05, 0.1) is 10.0 Å².